The molecule has 0 radical (unpaired) electrons. The van der Waals surface area contributed by atoms with Crippen LogP contribution >= 0.6 is 0 Å². The number of aromatic hydroxyl groups is 1. The van der Waals surface area contributed by atoms with Gasteiger partial charge in [-0.15, -0.1) is 0 Å². The number of carbonyl (C=O) groups excluding carboxylic acids is 1. The van der Waals surface area contributed by atoms with Crippen LogP contribution in [0.25, 0.3) is 0 Å². The maximum atomic E-state index is 12.0. The fourth-order valence-corrected chi connectivity index (χ4v) is 2.26. The Morgan fingerprint density at radius 1 is 1.29 bits per heavy atom. The Balaban J connectivity index is 1.83. The first-order valence-corrected chi connectivity index (χ1v) is 7.06. The fourth-order valence-electron chi connectivity index (χ4n) is 2.26. The molecule has 1 amide bonds. The Bertz CT molecular complexity index is 647. The molecular weight excluding hydrogens is 266 g/mol. The lowest BCUT2D eigenvalue weighted by Gasteiger charge is -2.08. The summed E-state index contributed by atoms with van der Waals surface area (Å²) >= 11 is 0. The third-order valence-corrected chi connectivity index (χ3v) is 3.33. The Morgan fingerprint density at radius 3 is 2.67 bits per heavy atom. The Hall–Kier alpha value is -2.30. The van der Waals surface area contributed by atoms with Gasteiger partial charge in [0.1, 0.15) is 5.75 Å². The molecule has 2 aromatic rings. The smallest absolute Gasteiger partial charge is 0.255 e. The minimum absolute atomic E-state index is 0.0195. The molecule has 0 spiro atoms. The van der Waals surface area contributed by atoms with Gasteiger partial charge in [0.25, 0.3) is 5.91 Å². The Labute approximate surface area is 124 Å². The van der Waals surface area contributed by atoms with Crippen molar-refractivity contribution in [3.8, 4) is 5.75 Å². The van der Waals surface area contributed by atoms with E-state index in [2.05, 4.69) is 10.4 Å². The lowest BCUT2D eigenvalue weighted by molar-refractivity contribution is 0.0950. The number of nitrogens with one attached hydrogen (secondary N) is 1. The van der Waals surface area contributed by atoms with Gasteiger partial charge in [-0.2, -0.15) is 5.10 Å². The molecule has 1 heterocycles. The lowest BCUT2D eigenvalue weighted by Crippen LogP contribution is -2.25. The predicted octanol–water partition coefficient (Wildman–Crippen LogP) is 2.33. The molecule has 1 aromatic carbocycles. The summed E-state index contributed by atoms with van der Waals surface area (Å²) in [6.07, 6.45) is 0.792. The topological polar surface area (TPSA) is 67.2 Å². The number of phenolic OH excluding ortho intramolecular Hbond substituents is 1. The van der Waals surface area contributed by atoms with Crippen LogP contribution in [0.3, 0.4) is 0 Å². The monoisotopic (exact) mass is 287 g/mol. The van der Waals surface area contributed by atoms with E-state index in [4.69, 9.17) is 0 Å². The van der Waals surface area contributed by atoms with Crippen molar-refractivity contribution in [2.45, 2.75) is 33.7 Å². The summed E-state index contributed by atoms with van der Waals surface area (Å²) in [6.45, 7) is 7.16. The van der Waals surface area contributed by atoms with Gasteiger partial charge < -0.3 is 10.4 Å². The molecule has 0 bridgehead atoms. The summed E-state index contributed by atoms with van der Waals surface area (Å²) in [7, 11) is 0. The Kier molecular flexibility index (Phi) is 4.62. The van der Waals surface area contributed by atoms with E-state index in [0.29, 0.717) is 12.1 Å². The van der Waals surface area contributed by atoms with Crippen LogP contribution in [0.4, 0.5) is 0 Å². The van der Waals surface area contributed by atoms with Crippen LogP contribution in [0.2, 0.25) is 0 Å². The molecule has 1 aromatic heterocycles. The molecule has 0 aliphatic heterocycles. The predicted molar refractivity (Wildman–Crippen MR) is 81.5 cm³/mol. The molecule has 0 saturated heterocycles. The maximum absolute atomic E-state index is 12.0. The van der Waals surface area contributed by atoms with Crippen LogP contribution in [0.1, 0.15) is 33.7 Å². The average molecular weight is 287 g/mol. The van der Waals surface area contributed by atoms with Gasteiger partial charge in [0.05, 0.1) is 11.3 Å². The van der Waals surface area contributed by atoms with E-state index in [1.54, 1.807) is 12.1 Å². The van der Waals surface area contributed by atoms with E-state index in [-0.39, 0.29) is 11.7 Å². The minimum atomic E-state index is -0.249. The number of amides is 1. The van der Waals surface area contributed by atoms with Crippen LogP contribution in [0.5, 0.6) is 5.75 Å². The zero-order valence-electron chi connectivity index (χ0n) is 12.7. The van der Waals surface area contributed by atoms with Crippen molar-refractivity contribution in [1.29, 1.82) is 0 Å². The second-order valence-corrected chi connectivity index (χ2v) is 5.28. The third-order valence-electron chi connectivity index (χ3n) is 3.33. The van der Waals surface area contributed by atoms with Crippen LogP contribution < -0.4 is 5.32 Å². The molecule has 2 N–H and O–H groups in total. The van der Waals surface area contributed by atoms with Crippen molar-refractivity contribution in [3.63, 3.8) is 0 Å². The highest BCUT2D eigenvalue weighted by Gasteiger charge is 2.10. The molecule has 5 nitrogen and oxygen atoms in total. The summed E-state index contributed by atoms with van der Waals surface area (Å²) in [4.78, 5) is 12.0. The average Bonchev–Trinajstić information content (AvgIpc) is 2.73. The van der Waals surface area contributed by atoms with E-state index >= 15 is 0 Å². The van der Waals surface area contributed by atoms with Crippen LogP contribution in [-0.2, 0) is 6.54 Å². The van der Waals surface area contributed by atoms with Gasteiger partial charge >= 0.3 is 0 Å². The highest BCUT2D eigenvalue weighted by molar-refractivity contribution is 5.96. The molecular formula is C16H21N3O2. The first kappa shape index (κ1) is 15.1. The van der Waals surface area contributed by atoms with Gasteiger partial charge in [-0.05, 0) is 51.0 Å². The molecule has 21 heavy (non-hydrogen) atoms. The molecule has 0 aliphatic carbocycles. The highest BCUT2D eigenvalue weighted by Crippen LogP contribution is 2.18. The van der Waals surface area contributed by atoms with Crippen molar-refractivity contribution < 1.29 is 9.90 Å². The first-order valence-electron chi connectivity index (χ1n) is 7.06. The number of hydrogen-bond acceptors (Lipinski definition) is 3. The van der Waals surface area contributed by atoms with Gasteiger partial charge in [0.2, 0.25) is 0 Å². The molecule has 0 saturated carbocycles. The number of carbonyl (C=O) groups is 1. The van der Waals surface area contributed by atoms with Crippen LogP contribution in [-0.4, -0.2) is 27.3 Å². The summed E-state index contributed by atoms with van der Waals surface area (Å²) in [6, 6.07) is 7.07. The number of nitrogens with zero attached hydrogens (tertiary/aromatic N) is 2. The SMILES string of the molecule is Cc1ccc(C(=O)NCCCn2nc(C)cc2C)c(O)c1. The number of rotatable bonds is 5. The normalized spacial score (nSPS) is 10.6. The van der Waals surface area contributed by atoms with E-state index < -0.39 is 0 Å². The van der Waals surface area contributed by atoms with Crippen LogP contribution in [0, 0.1) is 20.8 Å². The zero-order valence-corrected chi connectivity index (χ0v) is 12.7. The van der Waals surface area contributed by atoms with E-state index in [1.807, 2.05) is 37.6 Å². The first-order chi connectivity index (χ1) is 9.97. The number of aryl methyl sites for hydroxylation is 4. The number of hydrogen-bond donors (Lipinski definition) is 2. The number of phenols is 1. The van der Waals surface area contributed by atoms with Crippen molar-refractivity contribution in [2.75, 3.05) is 6.54 Å². The van der Waals surface area contributed by atoms with Gasteiger partial charge in [0.15, 0.2) is 0 Å². The summed E-state index contributed by atoms with van der Waals surface area (Å²) in [5, 5.41) is 16.9. The molecule has 112 valence electrons. The molecule has 0 aliphatic rings. The Morgan fingerprint density at radius 2 is 2.05 bits per heavy atom. The lowest BCUT2D eigenvalue weighted by atomic mass is 10.1. The van der Waals surface area contributed by atoms with Gasteiger partial charge in [0, 0.05) is 18.8 Å². The third kappa shape index (κ3) is 3.84. The van der Waals surface area contributed by atoms with Crippen molar-refractivity contribution in [1.82, 2.24) is 15.1 Å². The van der Waals surface area contributed by atoms with E-state index in [1.165, 1.54) is 0 Å². The minimum Gasteiger partial charge on any atom is -0.507 e. The van der Waals surface area contributed by atoms with E-state index in [9.17, 15) is 9.90 Å². The summed E-state index contributed by atoms with van der Waals surface area (Å²) in [5.74, 6) is -0.230. The standard InChI is InChI=1S/C16H21N3O2/c1-11-5-6-14(15(20)9-11)16(21)17-7-4-8-19-13(3)10-12(2)18-19/h5-6,9-10,20H,4,7-8H2,1-3H3,(H,17,21). The summed E-state index contributed by atoms with van der Waals surface area (Å²) < 4.78 is 1.94. The van der Waals surface area contributed by atoms with E-state index in [0.717, 1.165) is 29.9 Å². The molecule has 2 rings (SSSR count). The highest BCUT2D eigenvalue weighted by atomic mass is 16.3. The van der Waals surface area contributed by atoms with Gasteiger partial charge in [-0.25, -0.2) is 0 Å². The number of benzene rings is 1. The van der Waals surface area contributed by atoms with Crippen molar-refractivity contribution >= 4 is 5.91 Å². The van der Waals surface area contributed by atoms with Crippen LogP contribution in [0.15, 0.2) is 24.3 Å². The zero-order chi connectivity index (χ0) is 15.4. The molecule has 5 heteroatoms. The summed E-state index contributed by atoms with van der Waals surface area (Å²) in [5.41, 5.74) is 3.36. The number of aromatic nitrogens is 2. The molecule has 0 unspecified atom stereocenters. The largest absolute Gasteiger partial charge is 0.507 e. The van der Waals surface area contributed by atoms with Crippen molar-refractivity contribution in [3.05, 3.63) is 46.8 Å². The molecule has 0 atom stereocenters. The maximum Gasteiger partial charge on any atom is 0.255 e. The fraction of sp³-hybridized carbons (Fsp3) is 0.375. The quantitative estimate of drug-likeness (QED) is 0.829. The molecule has 0 fully saturated rings. The second kappa shape index (κ2) is 6.43. The van der Waals surface area contributed by atoms with Crippen molar-refractivity contribution in [2.24, 2.45) is 0 Å². The van der Waals surface area contributed by atoms with Gasteiger partial charge in [-0.1, -0.05) is 6.07 Å². The van der Waals surface area contributed by atoms with Gasteiger partial charge in [-0.3, -0.25) is 9.48 Å². The second-order valence-electron chi connectivity index (χ2n) is 5.28.